The number of carbonyl (C=O) groups is 1. The minimum Gasteiger partial charge on any atom is -0.481 e. The summed E-state index contributed by atoms with van der Waals surface area (Å²) < 4.78 is 74.6. The van der Waals surface area contributed by atoms with Crippen molar-refractivity contribution in [1.29, 1.82) is 0 Å². The Morgan fingerprint density at radius 1 is 0.932 bits per heavy atom. The van der Waals surface area contributed by atoms with Gasteiger partial charge in [-0.1, -0.05) is 85.8 Å². The predicted molar refractivity (Wildman–Crippen MR) is 162 cm³/mol. The van der Waals surface area contributed by atoms with Crippen LogP contribution in [0.5, 0.6) is 0 Å². The fraction of sp³-hybridized carbons (Fsp3) is 0.265. The highest BCUT2D eigenvalue weighted by Crippen LogP contribution is 2.34. The van der Waals surface area contributed by atoms with Crippen LogP contribution in [0.3, 0.4) is 0 Å². The minimum absolute atomic E-state index is 0.112. The van der Waals surface area contributed by atoms with E-state index < -0.39 is 39.9 Å². The Labute approximate surface area is 253 Å². The molecular formula is C34H32F3NO5S. The molecule has 44 heavy (non-hydrogen) atoms. The largest absolute Gasteiger partial charge is 0.481 e. The highest BCUT2D eigenvalue weighted by molar-refractivity contribution is 7.98. The summed E-state index contributed by atoms with van der Waals surface area (Å²) in [5.74, 6) is -2.61. The normalized spacial score (nSPS) is 15.6. The van der Waals surface area contributed by atoms with Gasteiger partial charge in [-0.2, -0.15) is 17.5 Å². The maximum absolute atomic E-state index is 14.3. The third-order valence-corrected chi connectivity index (χ3v) is 10.1. The molecule has 1 aliphatic rings. The van der Waals surface area contributed by atoms with E-state index in [1.165, 1.54) is 0 Å². The van der Waals surface area contributed by atoms with Crippen molar-refractivity contribution in [3.8, 4) is 11.1 Å². The summed E-state index contributed by atoms with van der Waals surface area (Å²) in [4.78, 5) is 12.0. The quantitative estimate of drug-likeness (QED) is 0.237. The third kappa shape index (κ3) is 6.23. The maximum Gasteiger partial charge on any atom is 0.449 e. The first kappa shape index (κ1) is 31.3. The van der Waals surface area contributed by atoms with Crippen LogP contribution in [-0.2, 0) is 39.5 Å². The summed E-state index contributed by atoms with van der Waals surface area (Å²) in [5, 5.41) is 11.0. The molecule has 3 aromatic carbocycles. The zero-order chi connectivity index (χ0) is 31.9. The van der Waals surface area contributed by atoms with E-state index >= 15 is 0 Å². The van der Waals surface area contributed by atoms with Gasteiger partial charge in [-0.05, 0) is 71.0 Å². The summed E-state index contributed by atoms with van der Waals surface area (Å²) in [6.07, 6.45) is -2.21. The van der Waals surface area contributed by atoms with Gasteiger partial charge in [-0.15, -0.1) is 0 Å². The molecule has 0 aliphatic heterocycles. The Kier molecular flexibility index (Phi) is 8.35. The molecule has 1 atom stereocenters. The average molecular weight is 624 g/mol. The van der Waals surface area contributed by atoms with E-state index in [1.807, 2.05) is 49.4 Å². The van der Waals surface area contributed by atoms with Gasteiger partial charge in [0, 0.05) is 6.54 Å². The van der Waals surface area contributed by atoms with E-state index in [0.29, 0.717) is 22.8 Å². The van der Waals surface area contributed by atoms with E-state index in [2.05, 4.69) is 0 Å². The van der Waals surface area contributed by atoms with Gasteiger partial charge in [0.2, 0.25) is 15.8 Å². The Morgan fingerprint density at radius 3 is 2.30 bits per heavy atom. The molecule has 0 saturated carbocycles. The van der Waals surface area contributed by atoms with Crippen LogP contribution in [0, 0.1) is 5.92 Å². The average Bonchev–Trinajstić information content (AvgIpc) is 3.46. The predicted octanol–water partition coefficient (Wildman–Crippen LogP) is 6.29. The number of halogens is 3. The summed E-state index contributed by atoms with van der Waals surface area (Å²) in [7, 11) is -4.17. The molecule has 0 amide bonds. The van der Waals surface area contributed by atoms with Crippen LogP contribution >= 0.6 is 0 Å². The van der Waals surface area contributed by atoms with Crippen molar-refractivity contribution >= 4 is 27.0 Å². The van der Waals surface area contributed by atoms with Crippen LogP contribution in [0.4, 0.5) is 13.2 Å². The lowest BCUT2D eigenvalue weighted by molar-refractivity contribution is -0.153. The smallest absolute Gasteiger partial charge is 0.449 e. The number of hydrogen-bond donors (Lipinski definition) is 1. The molecule has 0 spiro atoms. The lowest BCUT2D eigenvalue weighted by Crippen LogP contribution is -2.40. The van der Waals surface area contributed by atoms with Gasteiger partial charge in [-0.25, -0.2) is 8.42 Å². The van der Waals surface area contributed by atoms with Crippen molar-refractivity contribution in [2.24, 2.45) is 5.92 Å². The lowest BCUT2D eigenvalue weighted by atomic mass is 9.83. The van der Waals surface area contributed by atoms with Crippen LogP contribution in [0.1, 0.15) is 49.8 Å². The van der Waals surface area contributed by atoms with Crippen LogP contribution in [0.2, 0.25) is 0 Å². The number of hydrogen-bond acceptors (Lipinski definition) is 4. The number of rotatable bonds is 9. The second-order valence-corrected chi connectivity index (χ2v) is 13.4. The number of alkyl halides is 3. The zero-order valence-electron chi connectivity index (χ0n) is 24.4. The molecule has 4 aromatic rings. The Morgan fingerprint density at radius 2 is 1.64 bits per heavy atom. The maximum atomic E-state index is 14.3. The fourth-order valence-electron chi connectivity index (χ4n) is 5.34. The number of sulfonamides is 1. The molecule has 1 heterocycles. The van der Waals surface area contributed by atoms with Gasteiger partial charge >= 0.3 is 12.1 Å². The molecule has 6 nitrogen and oxygen atoms in total. The number of carboxylic acids is 1. The van der Waals surface area contributed by atoms with Crippen LogP contribution < -0.4 is 10.4 Å². The Balaban J connectivity index is 1.52. The first-order chi connectivity index (χ1) is 20.7. The second-order valence-electron chi connectivity index (χ2n) is 11.5. The molecule has 1 N–H and O–H groups in total. The van der Waals surface area contributed by atoms with Crippen LogP contribution in [0.15, 0.2) is 89.3 Å². The molecule has 0 bridgehead atoms. The monoisotopic (exact) mass is 623 g/mol. The standard InChI is InChI=1S/C34H32F3NO5S/c1-22-11-14-25-7-4-5-10-29(25)31(22)44(41,42)38(21-28-17-18-30(43-28)34(35,36)37)20-23-12-15-24(16-13-23)26-8-6-9-27(19-26)33(2,3)32(39)40/h4-10,12-19,22H,11,20-21H2,1-3H3,(H,39,40). The first-order valence-electron chi connectivity index (χ1n) is 14.1. The van der Waals surface area contributed by atoms with Gasteiger partial charge < -0.3 is 9.52 Å². The van der Waals surface area contributed by atoms with Gasteiger partial charge in [0.15, 0.2) is 0 Å². The van der Waals surface area contributed by atoms with Gasteiger partial charge in [0.1, 0.15) is 5.76 Å². The number of fused-ring (bicyclic) bond motifs is 1. The number of benzene rings is 3. The SMILES string of the molecule is CC1CC=c2ccccc2=C1S(=O)(=O)N(Cc1ccc(-c2cccc(C(C)(C)C(=O)O)c2)cc1)Cc1ccc(C(F)(F)F)o1. The molecule has 5 rings (SSSR count). The van der Waals surface area contributed by atoms with Gasteiger partial charge in [-0.3, -0.25) is 4.79 Å². The Bertz CT molecular complexity index is 1930. The van der Waals surface area contributed by atoms with E-state index in [4.69, 9.17) is 4.42 Å². The number of carboxylic acid groups (broad SMARTS) is 1. The molecule has 0 radical (unpaired) electrons. The molecule has 0 fully saturated rings. The number of aliphatic carboxylic acids is 1. The minimum atomic E-state index is -4.70. The summed E-state index contributed by atoms with van der Waals surface area (Å²) >= 11 is 0. The van der Waals surface area contributed by atoms with Crippen molar-refractivity contribution in [2.45, 2.75) is 51.9 Å². The van der Waals surface area contributed by atoms with E-state index in [0.717, 1.165) is 32.8 Å². The van der Waals surface area contributed by atoms with Crippen LogP contribution in [-0.4, -0.2) is 23.8 Å². The van der Waals surface area contributed by atoms with Crippen molar-refractivity contribution in [3.63, 3.8) is 0 Å². The van der Waals surface area contributed by atoms with Crippen LogP contribution in [0.25, 0.3) is 22.1 Å². The molecule has 1 aliphatic carbocycles. The molecule has 1 unspecified atom stereocenters. The summed E-state index contributed by atoms with van der Waals surface area (Å²) in [6, 6.07) is 23.5. The zero-order valence-corrected chi connectivity index (χ0v) is 25.2. The van der Waals surface area contributed by atoms with E-state index in [1.54, 1.807) is 50.2 Å². The second kappa shape index (κ2) is 11.7. The van der Waals surface area contributed by atoms with Crippen molar-refractivity contribution < 1.29 is 35.9 Å². The Hall–Kier alpha value is -4.15. The number of furan rings is 1. The van der Waals surface area contributed by atoms with E-state index in [9.17, 15) is 31.5 Å². The topological polar surface area (TPSA) is 87.8 Å². The molecule has 0 saturated heterocycles. The number of nitrogens with zero attached hydrogens (tertiary/aromatic N) is 1. The highest BCUT2D eigenvalue weighted by Gasteiger charge is 2.37. The first-order valence-corrected chi connectivity index (χ1v) is 15.5. The third-order valence-electron chi connectivity index (χ3n) is 8.02. The van der Waals surface area contributed by atoms with Gasteiger partial charge in [0.05, 0.1) is 16.9 Å². The summed E-state index contributed by atoms with van der Waals surface area (Å²) in [5.41, 5.74) is 1.75. The molecule has 230 valence electrons. The van der Waals surface area contributed by atoms with E-state index in [-0.39, 0.29) is 23.1 Å². The highest BCUT2D eigenvalue weighted by atomic mass is 32.2. The van der Waals surface area contributed by atoms with Crippen molar-refractivity contribution in [1.82, 2.24) is 4.31 Å². The van der Waals surface area contributed by atoms with Gasteiger partial charge in [0.25, 0.3) is 0 Å². The summed E-state index contributed by atoms with van der Waals surface area (Å²) in [6.45, 7) is 4.57. The lowest BCUT2D eigenvalue weighted by Gasteiger charge is -2.27. The fourth-order valence-corrected chi connectivity index (χ4v) is 7.30. The van der Waals surface area contributed by atoms with Crippen molar-refractivity contribution in [3.05, 3.63) is 118 Å². The van der Waals surface area contributed by atoms with Crippen molar-refractivity contribution in [2.75, 3.05) is 0 Å². The molecular weight excluding hydrogens is 591 g/mol. The molecule has 10 heteroatoms. The molecule has 1 aromatic heterocycles.